The van der Waals surface area contributed by atoms with Crippen LogP contribution in [0.4, 0.5) is 0 Å². The molecule has 1 unspecified atom stereocenters. The Kier molecular flexibility index (Phi) is 2.55. The molecule has 0 radical (unpaired) electrons. The molecule has 92 valence electrons. The van der Waals surface area contributed by atoms with Crippen LogP contribution in [0, 0.1) is 5.92 Å². The van der Waals surface area contributed by atoms with Gasteiger partial charge in [-0.25, -0.2) is 0 Å². The maximum absolute atomic E-state index is 9.08. The minimum atomic E-state index is 0.0944. The van der Waals surface area contributed by atoms with Gasteiger partial charge in [0.2, 0.25) is 0 Å². The van der Waals surface area contributed by atoms with Crippen LogP contribution in [0.3, 0.4) is 0 Å². The van der Waals surface area contributed by atoms with Crippen LogP contribution in [0.25, 0.3) is 11.3 Å². The molecule has 1 N–H and O–H groups in total. The second kappa shape index (κ2) is 4.22. The van der Waals surface area contributed by atoms with Crippen molar-refractivity contribution in [1.29, 1.82) is 0 Å². The average molecular weight is 243 g/mol. The summed E-state index contributed by atoms with van der Waals surface area (Å²) >= 11 is 0. The number of nitrogens with zero attached hydrogens (tertiary/aromatic N) is 1. The van der Waals surface area contributed by atoms with Gasteiger partial charge in [-0.05, 0) is 24.3 Å². The van der Waals surface area contributed by atoms with Gasteiger partial charge in [-0.3, -0.25) is 0 Å². The molecular weight excluding hydrogens is 230 g/mol. The van der Waals surface area contributed by atoms with E-state index in [9.17, 15) is 0 Å². The lowest BCUT2D eigenvalue weighted by Gasteiger charge is -2.23. The van der Waals surface area contributed by atoms with Crippen molar-refractivity contribution in [2.45, 2.75) is 6.92 Å². The van der Waals surface area contributed by atoms with E-state index >= 15 is 0 Å². The molecule has 18 heavy (non-hydrogen) atoms. The van der Waals surface area contributed by atoms with Gasteiger partial charge in [0.25, 0.3) is 0 Å². The van der Waals surface area contributed by atoms with E-state index in [-0.39, 0.29) is 5.92 Å². The summed E-state index contributed by atoms with van der Waals surface area (Å²) in [6.07, 6.45) is 1.64. The maximum Gasteiger partial charge on any atom is 0.133 e. The smallest absolute Gasteiger partial charge is 0.133 e. The molecule has 0 bridgehead atoms. The molecule has 1 aliphatic rings. The Morgan fingerprint density at radius 1 is 1.33 bits per heavy atom. The van der Waals surface area contributed by atoms with Gasteiger partial charge in [0.15, 0.2) is 0 Å². The first-order valence-corrected chi connectivity index (χ1v) is 5.82. The Bertz CT molecular complexity index is 587. The second-order valence-electron chi connectivity index (χ2n) is 4.39. The number of oxime groups is 1. The van der Waals surface area contributed by atoms with Crippen molar-refractivity contribution >= 4 is 5.71 Å². The molecule has 1 aromatic carbocycles. The fourth-order valence-corrected chi connectivity index (χ4v) is 2.16. The Balaban J connectivity index is 2.07. The zero-order valence-corrected chi connectivity index (χ0v) is 9.96. The topological polar surface area (TPSA) is 55.0 Å². The van der Waals surface area contributed by atoms with Crippen molar-refractivity contribution in [3.05, 3.63) is 42.2 Å². The number of hydrogen-bond acceptors (Lipinski definition) is 4. The number of furan rings is 1. The van der Waals surface area contributed by atoms with Gasteiger partial charge in [0, 0.05) is 17.0 Å². The summed E-state index contributed by atoms with van der Waals surface area (Å²) < 4.78 is 11.0. The van der Waals surface area contributed by atoms with Crippen molar-refractivity contribution in [1.82, 2.24) is 0 Å². The molecule has 4 nitrogen and oxygen atoms in total. The highest BCUT2D eigenvalue weighted by molar-refractivity contribution is 6.05. The first-order chi connectivity index (χ1) is 8.79. The number of hydrogen-bond donors (Lipinski definition) is 1. The third-order valence-electron chi connectivity index (χ3n) is 3.13. The van der Waals surface area contributed by atoms with Crippen LogP contribution in [-0.4, -0.2) is 17.5 Å². The van der Waals surface area contributed by atoms with Gasteiger partial charge >= 0.3 is 0 Å². The van der Waals surface area contributed by atoms with Crippen LogP contribution in [0.2, 0.25) is 0 Å². The van der Waals surface area contributed by atoms with E-state index in [0.29, 0.717) is 12.3 Å². The van der Waals surface area contributed by atoms with E-state index in [4.69, 9.17) is 14.4 Å². The Morgan fingerprint density at radius 3 is 2.94 bits per heavy atom. The van der Waals surface area contributed by atoms with E-state index < -0.39 is 0 Å². The van der Waals surface area contributed by atoms with Crippen LogP contribution in [0.5, 0.6) is 5.75 Å². The van der Waals surface area contributed by atoms with Crippen LogP contribution < -0.4 is 4.74 Å². The van der Waals surface area contributed by atoms with E-state index in [1.54, 1.807) is 6.26 Å². The number of benzene rings is 1. The minimum absolute atomic E-state index is 0.0944. The van der Waals surface area contributed by atoms with E-state index in [1.165, 1.54) is 0 Å². The first kappa shape index (κ1) is 10.9. The largest absolute Gasteiger partial charge is 0.492 e. The minimum Gasteiger partial charge on any atom is -0.492 e. The van der Waals surface area contributed by atoms with Crippen molar-refractivity contribution in [3.63, 3.8) is 0 Å². The van der Waals surface area contributed by atoms with E-state index in [0.717, 1.165) is 22.6 Å². The highest BCUT2D eigenvalue weighted by Gasteiger charge is 2.24. The average Bonchev–Trinajstić information content (AvgIpc) is 2.92. The fourth-order valence-electron chi connectivity index (χ4n) is 2.16. The quantitative estimate of drug-likeness (QED) is 0.618. The third kappa shape index (κ3) is 1.66. The van der Waals surface area contributed by atoms with E-state index in [2.05, 4.69) is 5.16 Å². The molecule has 1 atom stereocenters. The molecule has 0 saturated carbocycles. The van der Waals surface area contributed by atoms with Crippen molar-refractivity contribution in [2.24, 2.45) is 11.1 Å². The molecule has 0 aliphatic carbocycles. The predicted octanol–water partition coefficient (Wildman–Crippen LogP) is 3.15. The summed E-state index contributed by atoms with van der Waals surface area (Å²) in [5.41, 5.74) is 2.46. The Morgan fingerprint density at radius 2 is 2.22 bits per heavy atom. The monoisotopic (exact) mass is 243 g/mol. The van der Waals surface area contributed by atoms with E-state index in [1.807, 2.05) is 37.3 Å². The Labute approximate surface area is 104 Å². The van der Waals surface area contributed by atoms with Crippen LogP contribution in [-0.2, 0) is 0 Å². The first-order valence-electron chi connectivity index (χ1n) is 5.82. The van der Waals surface area contributed by atoms with Crippen LogP contribution in [0.1, 0.15) is 12.5 Å². The molecule has 0 saturated heterocycles. The lowest BCUT2D eigenvalue weighted by molar-refractivity contribution is 0.268. The van der Waals surface area contributed by atoms with Gasteiger partial charge in [0.1, 0.15) is 11.5 Å². The highest BCUT2D eigenvalue weighted by Crippen LogP contribution is 2.32. The van der Waals surface area contributed by atoms with Gasteiger partial charge in [-0.2, -0.15) is 0 Å². The molecule has 0 amide bonds. The summed E-state index contributed by atoms with van der Waals surface area (Å²) in [7, 11) is 0. The van der Waals surface area contributed by atoms with Gasteiger partial charge in [0.05, 0.1) is 18.6 Å². The van der Waals surface area contributed by atoms with Crippen LogP contribution >= 0.6 is 0 Å². The standard InChI is InChI=1S/C14H13NO3/c1-9-8-18-13-7-10(12-3-2-6-17-12)4-5-11(13)14(9)15-16/h2-7,9,16H,8H2,1H3/b15-14+. The fraction of sp³-hybridized carbons (Fsp3) is 0.214. The van der Waals surface area contributed by atoms with Crippen molar-refractivity contribution in [3.8, 4) is 17.1 Å². The number of rotatable bonds is 1. The number of fused-ring (bicyclic) bond motifs is 1. The maximum atomic E-state index is 9.08. The van der Waals surface area contributed by atoms with Gasteiger partial charge in [-0.1, -0.05) is 18.1 Å². The summed E-state index contributed by atoms with van der Waals surface area (Å²) in [6.45, 7) is 2.49. The SMILES string of the molecule is CC1COc2cc(-c3ccco3)ccc2/C1=N/O. The van der Waals surface area contributed by atoms with Crippen LogP contribution in [0.15, 0.2) is 46.2 Å². The van der Waals surface area contributed by atoms with Crippen molar-refractivity contribution < 1.29 is 14.4 Å². The molecule has 2 aromatic rings. The molecule has 3 rings (SSSR count). The molecule has 1 aromatic heterocycles. The summed E-state index contributed by atoms with van der Waals surface area (Å²) in [6, 6.07) is 9.49. The number of ether oxygens (including phenoxy) is 1. The van der Waals surface area contributed by atoms with Gasteiger partial charge in [-0.15, -0.1) is 0 Å². The molecule has 2 heterocycles. The predicted molar refractivity (Wildman–Crippen MR) is 67.1 cm³/mol. The second-order valence-corrected chi connectivity index (χ2v) is 4.39. The highest BCUT2D eigenvalue weighted by atomic mass is 16.5. The lowest BCUT2D eigenvalue weighted by Crippen LogP contribution is -2.26. The summed E-state index contributed by atoms with van der Waals surface area (Å²) in [4.78, 5) is 0. The molecule has 1 aliphatic heterocycles. The molecule has 0 spiro atoms. The molecule has 0 fully saturated rings. The lowest BCUT2D eigenvalue weighted by atomic mass is 9.94. The third-order valence-corrected chi connectivity index (χ3v) is 3.13. The summed E-state index contributed by atoms with van der Waals surface area (Å²) in [5.74, 6) is 1.62. The zero-order valence-electron chi connectivity index (χ0n) is 9.96. The molecule has 4 heteroatoms. The van der Waals surface area contributed by atoms with Crippen molar-refractivity contribution in [2.75, 3.05) is 6.61 Å². The Hall–Kier alpha value is -2.23. The zero-order chi connectivity index (χ0) is 12.5. The van der Waals surface area contributed by atoms with Gasteiger partial charge < -0.3 is 14.4 Å². The molecular formula is C14H13NO3. The summed E-state index contributed by atoms with van der Waals surface area (Å²) in [5, 5.41) is 12.5. The normalized spacial score (nSPS) is 20.5.